The lowest BCUT2D eigenvalue weighted by Crippen LogP contribution is -2.67. The highest BCUT2D eigenvalue weighted by Gasteiger charge is 2.60. The van der Waals surface area contributed by atoms with E-state index in [1.807, 2.05) is 0 Å². The van der Waals surface area contributed by atoms with Crippen molar-refractivity contribution in [2.75, 3.05) is 26.4 Å². The quantitative estimate of drug-likeness (QED) is 0.0257. The predicted molar refractivity (Wildman–Crippen MR) is 203 cm³/mol. The van der Waals surface area contributed by atoms with Crippen LogP contribution in [0.4, 0.5) is 0 Å². The van der Waals surface area contributed by atoms with Crippen LogP contribution in [0, 0.1) is 0 Å². The molecule has 3 fully saturated rings. The lowest BCUT2D eigenvalue weighted by Gasteiger charge is -2.48. The first-order valence-electron chi connectivity index (χ1n) is 16.9. The average molecular weight is 1270 g/mol. The van der Waals surface area contributed by atoms with Gasteiger partial charge in [0.25, 0.3) is 11.0 Å². The van der Waals surface area contributed by atoms with Crippen LogP contribution in [0.3, 0.4) is 0 Å². The van der Waals surface area contributed by atoms with Crippen molar-refractivity contribution in [2.24, 2.45) is 0 Å². The smallest absolute Gasteiger partial charge is 0.364 e. The second-order valence-electron chi connectivity index (χ2n) is 13.1. The number of hydrogen-bond donors (Lipinski definition) is 10. The second kappa shape index (κ2) is 24.1. The van der Waals surface area contributed by atoms with Gasteiger partial charge in [0.1, 0.15) is 61.0 Å². The SMILES string of the molecule is O=[SH](=O)OC[C@H]1O[C@@H](O[C@H]2[C@H](OS(=O)(=O)O)[C@@H](COS(=O)(=O)O)O[C@@H]2COS(=O)(=O)O)[C@H](OS(=O)(=O)O)[C@@H](OS(=O)(=O)O)[C@@H]1O[C@H]1O[C@H](COS(=O)(=O)O)[C@@H](OS(=O)(=O)O)[C@H](OS(=O)(=O)O)[C@H]1OS(=O)(=O)O. The molecular formula is C18H32O44S10. The molecule has 54 heteroatoms. The summed E-state index contributed by atoms with van der Waals surface area (Å²) in [6, 6.07) is 0. The summed E-state index contributed by atoms with van der Waals surface area (Å²) in [5.41, 5.74) is 0. The number of rotatable bonds is 28. The summed E-state index contributed by atoms with van der Waals surface area (Å²) >= 11 is 0. The molecule has 0 aromatic heterocycles. The van der Waals surface area contributed by atoms with Gasteiger partial charge in [0.2, 0.25) is 0 Å². The van der Waals surface area contributed by atoms with E-state index in [1.54, 1.807) is 0 Å². The Kier molecular flexibility index (Phi) is 21.7. The van der Waals surface area contributed by atoms with Crippen molar-refractivity contribution in [3.05, 3.63) is 0 Å². The van der Waals surface area contributed by atoms with Crippen molar-refractivity contribution < 1.29 is 191 Å². The van der Waals surface area contributed by atoms with Gasteiger partial charge >= 0.3 is 93.6 Å². The number of thiol groups is 1. The molecule has 14 atom stereocenters. The maximum Gasteiger partial charge on any atom is 0.397 e. The molecule has 9 N–H and O–H groups in total. The van der Waals surface area contributed by atoms with Gasteiger partial charge in [-0.3, -0.25) is 45.2 Å². The highest BCUT2D eigenvalue weighted by Crippen LogP contribution is 2.39. The minimum absolute atomic E-state index is 1.68. The first-order valence-corrected chi connectivity index (χ1v) is 30.3. The average Bonchev–Trinajstić information content (AvgIpc) is 3.43. The number of ether oxygens (including phenoxy) is 5. The van der Waals surface area contributed by atoms with Crippen molar-refractivity contribution in [1.82, 2.24) is 0 Å². The lowest BCUT2D eigenvalue weighted by molar-refractivity contribution is -0.354. The third kappa shape index (κ3) is 23.4. The van der Waals surface area contributed by atoms with Gasteiger partial charge in [0, 0.05) is 0 Å². The summed E-state index contributed by atoms with van der Waals surface area (Å²) in [4.78, 5) is 0. The van der Waals surface area contributed by atoms with Crippen LogP contribution < -0.4 is 0 Å². The first kappa shape index (κ1) is 64.8. The molecule has 0 aliphatic carbocycles. The monoisotopic (exact) mass is 1270 g/mol. The molecule has 3 rings (SSSR count). The molecule has 0 aromatic carbocycles. The van der Waals surface area contributed by atoms with Gasteiger partial charge in [-0.25, -0.2) is 46.1 Å². The summed E-state index contributed by atoms with van der Waals surface area (Å²) in [5.74, 6) is 0. The zero-order valence-corrected chi connectivity index (χ0v) is 41.6. The van der Waals surface area contributed by atoms with Gasteiger partial charge in [0.05, 0.1) is 26.4 Å². The van der Waals surface area contributed by atoms with Crippen LogP contribution in [-0.2, 0) is 170 Å². The Morgan fingerprint density at radius 3 is 0.847 bits per heavy atom. The van der Waals surface area contributed by atoms with Crippen LogP contribution in [0.2, 0.25) is 0 Å². The zero-order valence-electron chi connectivity index (χ0n) is 33.3. The zero-order chi connectivity index (χ0) is 55.6. The van der Waals surface area contributed by atoms with E-state index >= 15 is 0 Å². The minimum Gasteiger partial charge on any atom is -0.364 e. The topological polar surface area (TPSA) is 662 Å². The molecule has 72 heavy (non-hydrogen) atoms. The van der Waals surface area contributed by atoms with E-state index in [9.17, 15) is 111 Å². The van der Waals surface area contributed by atoms with Gasteiger partial charge in [-0.2, -0.15) is 75.8 Å². The van der Waals surface area contributed by atoms with Crippen molar-refractivity contribution >= 4 is 105 Å². The third-order valence-corrected chi connectivity index (χ3v) is 12.5. The van der Waals surface area contributed by atoms with Crippen molar-refractivity contribution in [3.8, 4) is 0 Å². The molecule has 44 nitrogen and oxygen atoms in total. The molecule has 0 amide bonds. The Labute approximate surface area is 405 Å². The van der Waals surface area contributed by atoms with Gasteiger partial charge < -0.3 is 23.7 Å². The van der Waals surface area contributed by atoms with Crippen molar-refractivity contribution in [2.45, 2.75) is 85.8 Å². The fourth-order valence-corrected chi connectivity index (χ4v) is 10.2. The maximum atomic E-state index is 12.4. The van der Waals surface area contributed by atoms with E-state index in [1.165, 1.54) is 0 Å². The van der Waals surface area contributed by atoms with Crippen LogP contribution in [0.5, 0.6) is 0 Å². The molecule has 0 spiro atoms. The van der Waals surface area contributed by atoms with Gasteiger partial charge in [-0.05, 0) is 0 Å². The molecule has 3 saturated heterocycles. The Balaban J connectivity index is 2.43. The molecule has 0 unspecified atom stereocenters. The van der Waals surface area contributed by atoms with E-state index in [2.05, 4.69) is 41.8 Å². The van der Waals surface area contributed by atoms with E-state index in [0.717, 1.165) is 0 Å². The molecule has 0 saturated carbocycles. The van der Waals surface area contributed by atoms with Crippen LogP contribution in [0.25, 0.3) is 0 Å². The van der Waals surface area contributed by atoms with Gasteiger partial charge in [-0.1, -0.05) is 0 Å². The largest absolute Gasteiger partial charge is 0.397 e. The summed E-state index contributed by atoms with van der Waals surface area (Å²) in [6.45, 7) is -7.25. The number of hydrogen-bond acceptors (Lipinski definition) is 35. The standard InChI is InChI=1S/C18H32O44S10/c19-63(20)48-1-5-10(56-18-16(62-72(45,46)47)14(60-70(39,40)41)12(58-68(33,34)35)8(54-18)4-51-66(27,28)29)13(59-69(36,37)38)15(61-71(42,43)44)17(53-5)55-9-6(2-49-64(21,22)23)52-7(3-50-65(24,25)26)11(9)57-67(30,31)32/h5-18,63H,1-4H2,(H,21,22,23)(H,24,25,26)(H,27,28,29)(H,30,31,32)(H,33,34,35)(H,36,37,38)(H,39,40,41)(H,42,43,44)(H,45,46,47)/t5-,6-,7-,8-,9-,10-,11-,12-,13+,14+,15-,16-,17+,18-/m1/s1. The van der Waals surface area contributed by atoms with Crippen LogP contribution in [0.15, 0.2) is 0 Å². The van der Waals surface area contributed by atoms with Crippen LogP contribution in [0.1, 0.15) is 0 Å². The van der Waals surface area contributed by atoms with Gasteiger partial charge in [0.15, 0.2) is 24.8 Å². The molecule has 428 valence electrons. The molecule has 3 heterocycles. The fraction of sp³-hybridized carbons (Fsp3) is 1.00. The molecule has 0 bridgehead atoms. The Morgan fingerprint density at radius 1 is 0.306 bits per heavy atom. The first-order chi connectivity index (χ1) is 32.1. The molecule has 3 aliphatic rings. The van der Waals surface area contributed by atoms with E-state index in [4.69, 9.17) is 37.3 Å². The van der Waals surface area contributed by atoms with Crippen molar-refractivity contribution in [3.63, 3.8) is 0 Å². The summed E-state index contributed by atoms with van der Waals surface area (Å²) in [6.07, 6.45) is -43.6. The third-order valence-electron chi connectivity index (χ3n) is 8.06. The van der Waals surface area contributed by atoms with E-state index < -0.39 is 217 Å². The van der Waals surface area contributed by atoms with E-state index in [0.29, 0.717) is 0 Å². The second-order valence-corrected chi connectivity index (χ2v) is 23.4. The molecular weight excluding hydrogens is 1240 g/mol. The lowest BCUT2D eigenvalue weighted by atomic mass is 9.96. The molecule has 3 aliphatic heterocycles. The molecule has 0 radical (unpaired) electrons. The van der Waals surface area contributed by atoms with E-state index in [-0.39, 0.29) is 0 Å². The fourth-order valence-electron chi connectivity index (χ4n) is 6.05. The summed E-state index contributed by atoms with van der Waals surface area (Å²) < 4.78 is 390. The van der Waals surface area contributed by atoms with Crippen LogP contribution in [-0.4, -0.2) is 237 Å². The van der Waals surface area contributed by atoms with Gasteiger partial charge in [-0.15, -0.1) is 0 Å². The van der Waals surface area contributed by atoms with Crippen molar-refractivity contribution in [1.29, 1.82) is 0 Å². The normalized spacial score (nSPS) is 32.0. The maximum absolute atomic E-state index is 12.4. The Morgan fingerprint density at radius 2 is 0.542 bits per heavy atom. The molecule has 0 aromatic rings. The summed E-state index contributed by atoms with van der Waals surface area (Å²) in [7, 11) is -58.8. The highest BCUT2D eigenvalue weighted by atomic mass is 32.3. The highest BCUT2D eigenvalue weighted by molar-refractivity contribution is 7.82. The predicted octanol–water partition coefficient (Wildman–Crippen LogP) is -8.90. The Bertz CT molecular complexity index is 3010. The Hall–Kier alpha value is -1.46. The van der Waals surface area contributed by atoms with Crippen LogP contribution >= 0.6 is 0 Å². The summed E-state index contributed by atoms with van der Waals surface area (Å²) in [5, 5.41) is 0. The minimum atomic E-state index is -6.39.